The standard InChI is InChI=1S/C30H43N5O9/c1-30(2,3)44-29(40)34-12-10-33(11-13-34)14-16-42-18-20-43-19-17-41-15-9-31-22-6-4-5-21-25(22)28(39)35(27(21)38)23-7-8-24(36)32-26(23)37/h4-6,23,31H,7-20H2,1-3H3,(H,32,36,37)/t23-/m0/s1. The molecule has 242 valence electrons. The quantitative estimate of drug-likeness (QED) is 0.228. The van der Waals surface area contributed by atoms with E-state index in [1.165, 1.54) is 0 Å². The fraction of sp³-hybridized carbons (Fsp3) is 0.633. The lowest BCUT2D eigenvalue weighted by molar-refractivity contribution is -0.136. The molecular weight excluding hydrogens is 574 g/mol. The number of nitrogens with one attached hydrogen (secondary N) is 2. The van der Waals surface area contributed by atoms with E-state index in [-0.39, 0.29) is 30.1 Å². The number of hydrogen-bond donors (Lipinski definition) is 2. The number of anilines is 1. The molecule has 0 spiro atoms. The summed E-state index contributed by atoms with van der Waals surface area (Å²) in [5.74, 6) is -2.15. The van der Waals surface area contributed by atoms with Gasteiger partial charge in [0.1, 0.15) is 11.6 Å². The van der Waals surface area contributed by atoms with Crippen molar-refractivity contribution < 1.29 is 42.9 Å². The second kappa shape index (κ2) is 15.4. The van der Waals surface area contributed by atoms with Crippen LogP contribution in [0.1, 0.15) is 54.3 Å². The smallest absolute Gasteiger partial charge is 0.410 e. The predicted molar refractivity (Wildman–Crippen MR) is 158 cm³/mol. The van der Waals surface area contributed by atoms with Gasteiger partial charge in [0.25, 0.3) is 11.8 Å². The molecule has 3 aliphatic rings. The van der Waals surface area contributed by atoms with Crippen molar-refractivity contribution >= 4 is 35.4 Å². The summed E-state index contributed by atoms with van der Waals surface area (Å²) in [6.07, 6.45) is -0.0859. The van der Waals surface area contributed by atoms with Gasteiger partial charge in [-0.3, -0.25) is 34.3 Å². The van der Waals surface area contributed by atoms with E-state index in [0.717, 1.165) is 24.5 Å². The molecule has 0 aromatic heterocycles. The second-order valence-electron chi connectivity index (χ2n) is 11.7. The summed E-state index contributed by atoms with van der Waals surface area (Å²) >= 11 is 0. The molecule has 2 fully saturated rings. The Labute approximate surface area is 257 Å². The Kier molecular flexibility index (Phi) is 11.7. The first-order valence-corrected chi connectivity index (χ1v) is 15.1. The van der Waals surface area contributed by atoms with Gasteiger partial charge in [-0.25, -0.2) is 4.79 Å². The molecule has 2 saturated heterocycles. The van der Waals surface area contributed by atoms with E-state index in [0.29, 0.717) is 65.0 Å². The molecule has 44 heavy (non-hydrogen) atoms. The number of nitrogens with zero attached hydrogens (tertiary/aromatic N) is 3. The Morgan fingerprint density at radius 2 is 1.57 bits per heavy atom. The lowest BCUT2D eigenvalue weighted by Crippen LogP contribution is -2.54. The molecule has 0 unspecified atom stereocenters. The van der Waals surface area contributed by atoms with Crippen molar-refractivity contribution in [2.45, 2.75) is 45.3 Å². The molecule has 1 aromatic carbocycles. The number of fused-ring (bicyclic) bond motifs is 1. The first-order valence-electron chi connectivity index (χ1n) is 15.1. The van der Waals surface area contributed by atoms with E-state index in [1.54, 1.807) is 23.1 Å². The van der Waals surface area contributed by atoms with Gasteiger partial charge in [-0.2, -0.15) is 0 Å². The van der Waals surface area contributed by atoms with Crippen LogP contribution in [-0.2, 0) is 28.5 Å². The minimum Gasteiger partial charge on any atom is -0.444 e. The Hall–Kier alpha value is -3.59. The van der Waals surface area contributed by atoms with Crippen molar-refractivity contribution in [3.8, 4) is 0 Å². The van der Waals surface area contributed by atoms with Crippen molar-refractivity contribution in [2.24, 2.45) is 0 Å². The van der Waals surface area contributed by atoms with Gasteiger partial charge in [0.05, 0.1) is 50.8 Å². The third-order valence-electron chi connectivity index (χ3n) is 7.35. The van der Waals surface area contributed by atoms with Gasteiger partial charge in [0.2, 0.25) is 11.8 Å². The molecule has 0 saturated carbocycles. The summed E-state index contributed by atoms with van der Waals surface area (Å²) in [4.78, 5) is 66.9. The van der Waals surface area contributed by atoms with Gasteiger partial charge in [-0.05, 0) is 39.3 Å². The van der Waals surface area contributed by atoms with E-state index in [9.17, 15) is 24.0 Å². The maximum atomic E-state index is 13.1. The molecule has 4 rings (SSSR count). The van der Waals surface area contributed by atoms with E-state index < -0.39 is 35.3 Å². The van der Waals surface area contributed by atoms with Gasteiger partial charge < -0.3 is 29.2 Å². The van der Waals surface area contributed by atoms with E-state index in [2.05, 4.69) is 15.5 Å². The van der Waals surface area contributed by atoms with Crippen LogP contribution >= 0.6 is 0 Å². The first kappa shape index (κ1) is 33.3. The van der Waals surface area contributed by atoms with Crippen LogP contribution in [0, 0.1) is 0 Å². The summed E-state index contributed by atoms with van der Waals surface area (Å²) < 4.78 is 22.3. The number of carbonyl (C=O) groups excluding carboxylic acids is 5. The van der Waals surface area contributed by atoms with Crippen molar-refractivity contribution in [3.05, 3.63) is 29.3 Å². The molecular formula is C30H43N5O9. The van der Waals surface area contributed by atoms with Crippen LogP contribution in [0.15, 0.2) is 18.2 Å². The number of piperazine rings is 1. The molecule has 1 aromatic rings. The molecule has 3 aliphatic heterocycles. The third-order valence-corrected chi connectivity index (χ3v) is 7.35. The zero-order valence-corrected chi connectivity index (χ0v) is 25.7. The summed E-state index contributed by atoms with van der Waals surface area (Å²) in [7, 11) is 0. The first-order chi connectivity index (χ1) is 21.0. The number of carbonyl (C=O) groups is 5. The number of amides is 5. The van der Waals surface area contributed by atoms with Gasteiger partial charge in [-0.1, -0.05) is 6.07 Å². The molecule has 0 aliphatic carbocycles. The van der Waals surface area contributed by atoms with Gasteiger partial charge in [0, 0.05) is 51.4 Å². The summed E-state index contributed by atoms with van der Waals surface area (Å²) in [5.41, 5.74) is 0.433. The Morgan fingerprint density at radius 3 is 2.23 bits per heavy atom. The molecule has 2 N–H and O–H groups in total. The van der Waals surface area contributed by atoms with Crippen molar-refractivity contribution in [1.82, 2.24) is 20.0 Å². The maximum Gasteiger partial charge on any atom is 0.410 e. The van der Waals surface area contributed by atoms with Crippen molar-refractivity contribution in [1.29, 1.82) is 0 Å². The third kappa shape index (κ3) is 8.97. The number of rotatable bonds is 14. The number of piperidine rings is 1. The van der Waals surface area contributed by atoms with Crippen LogP contribution in [0.2, 0.25) is 0 Å². The van der Waals surface area contributed by atoms with Crippen LogP contribution in [0.5, 0.6) is 0 Å². The fourth-order valence-electron chi connectivity index (χ4n) is 5.14. The van der Waals surface area contributed by atoms with Crippen LogP contribution < -0.4 is 10.6 Å². The number of ether oxygens (including phenoxy) is 4. The fourth-order valence-corrected chi connectivity index (χ4v) is 5.14. The Morgan fingerprint density at radius 1 is 0.909 bits per heavy atom. The molecule has 5 amide bonds. The second-order valence-corrected chi connectivity index (χ2v) is 11.7. The highest BCUT2D eigenvalue weighted by atomic mass is 16.6. The molecule has 14 nitrogen and oxygen atoms in total. The summed E-state index contributed by atoms with van der Waals surface area (Å²) in [5, 5.41) is 5.33. The Balaban J connectivity index is 1.03. The SMILES string of the molecule is CC(C)(C)OC(=O)N1CCN(CCOCCOCCOCCNc2cccc3c2C(=O)N([C@H]2CCC(=O)NC2=O)C3=O)CC1. The monoisotopic (exact) mass is 617 g/mol. The number of benzene rings is 1. The maximum absolute atomic E-state index is 13.1. The highest BCUT2D eigenvalue weighted by Gasteiger charge is 2.45. The molecule has 0 radical (unpaired) electrons. The zero-order valence-electron chi connectivity index (χ0n) is 25.7. The molecule has 3 heterocycles. The largest absolute Gasteiger partial charge is 0.444 e. The zero-order chi connectivity index (χ0) is 31.7. The van der Waals surface area contributed by atoms with Crippen LogP contribution in [0.4, 0.5) is 10.5 Å². The lowest BCUT2D eigenvalue weighted by atomic mass is 10.0. The van der Waals surface area contributed by atoms with Gasteiger partial charge in [0.15, 0.2) is 0 Å². The molecule has 14 heteroatoms. The van der Waals surface area contributed by atoms with E-state index in [4.69, 9.17) is 18.9 Å². The highest BCUT2D eigenvalue weighted by molar-refractivity contribution is 6.25. The van der Waals surface area contributed by atoms with Gasteiger partial charge in [-0.15, -0.1) is 0 Å². The van der Waals surface area contributed by atoms with Crippen molar-refractivity contribution in [2.75, 3.05) is 84.2 Å². The lowest BCUT2D eigenvalue weighted by Gasteiger charge is -2.35. The Bertz CT molecular complexity index is 1210. The van der Waals surface area contributed by atoms with Crippen molar-refractivity contribution in [3.63, 3.8) is 0 Å². The van der Waals surface area contributed by atoms with E-state index in [1.807, 2.05) is 20.8 Å². The topological polar surface area (TPSA) is 156 Å². The molecule has 0 bridgehead atoms. The molecule has 1 atom stereocenters. The van der Waals surface area contributed by atoms with Crippen LogP contribution in [0.3, 0.4) is 0 Å². The highest BCUT2D eigenvalue weighted by Crippen LogP contribution is 2.32. The van der Waals surface area contributed by atoms with E-state index >= 15 is 0 Å². The minimum absolute atomic E-state index is 0.0701. The average molecular weight is 618 g/mol. The predicted octanol–water partition coefficient (Wildman–Crippen LogP) is 1.10. The minimum atomic E-state index is -1.00. The normalized spacial score (nSPS) is 19.3. The summed E-state index contributed by atoms with van der Waals surface area (Å²) in [6, 6.07) is 3.92. The number of imide groups is 2. The van der Waals surface area contributed by atoms with Crippen LogP contribution in [0.25, 0.3) is 0 Å². The average Bonchev–Trinajstić information content (AvgIpc) is 3.23. The number of hydrogen-bond acceptors (Lipinski definition) is 11. The summed E-state index contributed by atoms with van der Waals surface area (Å²) in [6.45, 7) is 12.3. The van der Waals surface area contributed by atoms with Gasteiger partial charge >= 0.3 is 6.09 Å². The van der Waals surface area contributed by atoms with Crippen LogP contribution in [-0.4, -0.2) is 135 Å².